The van der Waals surface area contributed by atoms with Crippen LogP contribution in [0, 0.1) is 12.3 Å². The Labute approximate surface area is 97.8 Å². The molecule has 0 saturated heterocycles. The summed E-state index contributed by atoms with van der Waals surface area (Å²) in [6.45, 7) is 1.79. The molecule has 2 rings (SSSR count). The molecule has 7 heteroatoms. The predicted octanol–water partition coefficient (Wildman–Crippen LogP) is 0.840. The molecule has 1 heterocycles. The number of aryl methyl sites for hydroxylation is 1. The molecule has 0 amide bonds. The van der Waals surface area contributed by atoms with Crippen molar-refractivity contribution in [2.24, 2.45) is 0 Å². The minimum atomic E-state index is -4.23. The smallest absolute Gasteiger partial charge is 0.294 e. The molecule has 0 radical (unpaired) electrons. The molecule has 6 nitrogen and oxygen atoms in total. The van der Waals surface area contributed by atoms with Crippen molar-refractivity contribution >= 4 is 10.1 Å². The van der Waals surface area contributed by atoms with Crippen LogP contribution in [0.4, 0.5) is 0 Å². The van der Waals surface area contributed by atoms with Gasteiger partial charge in [0, 0.05) is 11.8 Å². The van der Waals surface area contributed by atoms with Gasteiger partial charge in [0.05, 0.1) is 10.6 Å². The molecule has 1 aromatic carbocycles. The zero-order valence-electron chi connectivity index (χ0n) is 9.01. The lowest BCUT2D eigenvalue weighted by Gasteiger charge is -2.04. The van der Waals surface area contributed by atoms with E-state index >= 15 is 0 Å². The quantitative estimate of drug-likeness (QED) is 0.691. The van der Waals surface area contributed by atoms with Crippen LogP contribution in [-0.4, -0.2) is 22.8 Å². The van der Waals surface area contributed by atoms with E-state index in [1.165, 1.54) is 22.9 Å². The summed E-state index contributed by atoms with van der Waals surface area (Å²) in [6.07, 6.45) is 0. The summed E-state index contributed by atoms with van der Waals surface area (Å²) in [6, 6.07) is 7.34. The van der Waals surface area contributed by atoms with Crippen LogP contribution in [0.25, 0.3) is 5.69 Å². The molecular weight excluding hydrogens is 242 g/mol. The number of nitrogens with zero attached hydrogens (tertiary/aromatic N) is 1. The first-order valence-corrected chi connectivity index (χ1v) is 6.23. The number of aromatic nitrogens is 2. The largest absolute Gasteiger partial charge is 0.297 e. The highest BCUT2D eigenvalue weighted by atomic mass is 32.2. The van der Waals surface area contributed by atoms with Gasteiger partial charge in [-0.05, 0) is 25.1 Å². The summed E-state index contributed by atoms with van der Waals surface area (Å²) < 4.78 is 32.4. The topological polar surface area (TPSA) is 98.9 Å². The molecule has 3 N–H and O–H groups in total. The summed E-state index contributed by atoms with van der Waals surface area (Å²) in [4.78, 5) is -0.200. The molecule has 17 heavy (non-hydrogen) atoms. The zero-order chi connectivity index (χ0) is 12.6. The molecule has 0 spiro atoms. The van der Waals surface area contributed by atoms with Gasteiger partial charge in [-0.1, -0.05) is 6.07 Å². The van der Waals surface area contributed by atoms with Crippen molar-refractivity contribution in [3.8, 4) is 5.69 Å². The van der Waals surface area contributed by atoms with E-state index in [2.05, 4.69) is 5.10 Å². The SMILES string of the molecule is Cc1cc(=N)n(-c2cccc(S(=O)(=O)O)c2)[nH]1. The Kier molecular flexibility index (Phi) is 2.64. The van der Waals surface area contributed by atoms with Gasteiger partial charge in [0.2, 0.25) is 0 Å². The molecule has 0 atom stereocenters. The minimum Gasteiger partial charge on any atom is -0.297 e. The average molecular weight is 253 g/mol. The fourth-order valence-corrected chi connectivity index (χ4v) is 2.05. The van der Waals surface area contributed by atoms with Gasteiger partial charge in [-0.2, -0.15) is 8.42 Å². The van der Waals surface area contributed by atoms with Crippen molar-refractivity contribution in [3.63, 3.8) is 0 Å². The molecular formula is C10H11N3O3S. The van der Waals surface area contributed by atoms with Crippen LogP contribution in [0.5, 0.6) is 0 Å². The highest BCUT2D eigenvalue weighted by Gasteiger charge is 2.10. The lowest BCUT2D eigenvalue weighted by atomic mass is 10.3. The average Bonchev–Trinajstić information content (AvgIpc) is 2.57. The van der Waals surface area contributed by atoms with E-state index in [0.29, 0.717) is 5.69 Å². The van der Waals surface area contributed by atoms with E-state index in [1.54, 1.807) is 19.1 Å². The lowest BCUT2D eigenvalue weighted by Crippen LogP contribution is -2.14. The van der Waals surface area contributed by atoms with Crippen LogP contribution >= 0.6 is 0 Å². The molecule has 0 aliphatic carbocycles. The number of H-pyrrole nitrogens is 1. The Hall–Kier alpha value is -1.86. The third kappa shape index (κ3) is 2.29. The van der Waals surface area contributed by atoms with Crippen LogP contribution in [-0.2, 0) is 10.1 Å². The summed E-state index contributed by atoms with van der Waals surface area (Å²) >= 11 is 0. The number of hydrogen-bond acceptors (Lipinski definition) is 3. The van der Waals surface area contributed by atoms with Crippen molar-refractivity contribution in [2.45, 2.75) is 11.8 Å². The molecule has 0 unspecified atom stereocenters. The highest BCUT2D eigenvalue weighted by Crippen LogP contribution is 2.13. The number of nitrogens with one attached hydrogen (secondary N) is 2. The Morgan fingerprint density at radius 3 is 2.59 bits per heavy atom. The second kappa shape index (κ2) is 3.86. The van der Waals surface area contributed by atoms with Gasteiger partial charge in [-0.3, -0.25) is 15.1 Å². The second-order valence-corrected chi connectivity index (χ2v) is 5.05. The fourth-order valence-electron chi connectivity index (χ4n) is 1.53. The highest BCUT2D eigenvalue weighted by molar-refractivity contribution is 7.85. The third-order valence-corrected chi connectivity index (χ3v) is 3.11. The number of benzene rings is 1. The normalized spacial score (nSPS) is 11.6. The minimum absolute atomic E-state index is 0.200. The maximum atomic E-state index is 11.0. The first-order chi connectivity index (χ1) is 7.88. The van der Waals surface area contributed by atoms with Crippen molar-refractivity contribution in [3.05, 3.63) is 41.5 Å². The van der Waals surface area contributed by atoms with E-state index in [9.17, 15) is 8.42 Å². The third-order valence-electron chi connectivity index (χ3n) is 2.26. The monoisotopic (exact) mass is 253 g/mol. The Morgan fingerprint density at radius 1 is 1.35 bits per heavy atom. The number of hydrogen-bond donors (Lipinski definition) is 3. The van der Waals surface area contributed by atoms with Gasteiger partial charge in [-0.15, -0.1) is 0 Å². The number of aromatic amines is 1. The van der Waals surface area contributed by atoms with Gasteiger partial charge in [-0.25, -0.2) is 4.68 Å². The van der Waals surface area contributed by atoms with E-state index in [4.69, 9.17) is 9.96 Å². The van der Waals surface area contributed by atoms with Crippen LogP contribution in [0.1, 0.15) is 5.69 Å². The lowest BCUT2D eigenvalue weighted by molar-refractivity contribution is 0.483. The van der Waals surface area contributed by atoms with Crippen molar-refractivity contribution < 1.29 is 13.0 Å². The Morgan fingerprint density at radius 2 is 2.06 bits per heavy atom. The first-order valence-electron chi connectivity index (χ1n) is 4.79. The van der Waals surface area contributed by atoms with Crippen LogP contribution in [0.2, 0.25) is 0 Å². The van der Waals surface area contributed by atoms with Gasteiger partial charge in [0.25, 0.3) is 10.1 Å². The van der Waals surface area contributed by atoms with Crippen LogP contribution in [0.3, 0.4) is 0 Å². The van der Waals surface area contributed by atoms with Crippen molar-refractivity contribution in [1.82, 2.24) is 9.78 Å². The molecule has 0 bridgehead atoms. The van der Waals surface area contributed by atoms with E-state index in [1.807, 2.05) is 0 Å². The van der Waals surface area contributed by atoms with Crippen molar-refractivity contribution in [2.75, 3.05) is 0 Å². The molecule has 0 aliphatic heterocycles. The summed E-state index contributed by atoms with van der Waals surface area (Å²) in [5.41, 5.74) is 1.46. The first kappa shape index (κ1) is 11.6. The van der Waals surface area contributed by atoms with E-state index in [-0.39, 0.29) is 10.4 Å². The van der Waals surface area contributed by atoms with Crippen LogP contribution in [0.15, 0.2) is 35.2 Å². The predicted molar refractivity (Wildman–Crippen MR) is 60.5 cm³/mol. The molecule has 0 aliphatic rings. The zero-order valence-corrected chi connectivity index (χ0v) is 9.82. The Bertz CT molecular complexity index is 712. The molecule has 1 aromatic heterocycles. The second-order valence-electron chi connectivity index (χ2n) is 3.63. The molecule has 2 aromatic rings. The van der Waals surface area contributed by atoms with E-state index < -0.39 is 10.1 Å². The van der Waals surface area contributed by atoms with Gasteiger partial charge >= 0.3 is 0 Å². The van der Waals surface area contributed by atoms with Gasteiger partial charge in [0.15, 0.2) is 0 Å². The molecule has 0 fully saturated rings. The van der Waals surface area contributed by atoms with Crippen LogP contribution < -0.4 is 5.49 Å². The molecule has 90 valence electrons. The van der Waals surface area contributed by atoms with E-state index in [0.717, 1.165) is 5.69 Å². The van der Waals surface area contributed by atoms with Gasteiger partial charge in [0.1, 0.15) is 5.49 Å². The fraction of sp³-hybridized carbons (Fsp3) is 0.100. The maximum absolute atomic E-state index is 11.0. The number of rotatable bonds is 2. The maximum Gasteiger partial charge on any atom is 0.294 e. The molecule has 0 saturated carbocycles. The summed E-state index contributed by atoms with van der Waals surface area (Å²) in [5.74, 6) is 0. The summed E-state index contributed by atoms with van der Waals surface area (Å²) in [7, 11) is -4.23. The van der Waals surface area contributed by atoms with Crippen molar-refractivity contribution in [1.29, 1.82) is 5.41 Å². The summed E-state index contributed by atoms with van der Waals surface area (Å²) in [5, 5.41) is 10.6. The Balaban J connectivity index is 2.62. The standard InChI is InChI=1S/C10H11N3O3S/c1-7-5-10(11)13(12-7)8-3-2-4-9(6-8)17(14,15)16/h2-6,11-12H,1H3,(H,14,15,16). The van der Waals surface area contributed by atoms with Gasteiger partial charge < -0.3 is 0 Å².